The van der Waals surface area contributed by atoms with E-state index < -0.39 is 10.0 Å². The summed E-state index contributed by atoms with van der Waals surface area (Å²) in [7, 11) is -3.52. The lowest BCUT2D eigenvalue weighted by molar-refractivity contribution is 0.0951. The molecule has 0 aliphatic heterocycles. The van der Waals surface area contributed by atoms with Gasteiger partial charge in [-0.05, 0) is 48.5 Å². The fraction of sp³-hybridized carbons (Fsp3) is 0.435. The van der Waals surface area contributed by atoms with Gasteiger partial charge < -0.3 is 5.32 Å². The van der Waals surface area contributed by atoms with Gasteiger partial charge in [0, 0.05) is 31.7 Å². The molecule has 1 amide bonds. The van der Waals surface area contributed by atoms with Crippen molar-refractivity contribution in [1.82, 2.24) is 14.5 Å². The van der Waals surface area contributed by atoms with Gasteiger partial charge in [-0.2, -0.15) is 4.31 Å². The lowest BCUT2D eigenvalue weighted by atomic mass is 10.1. The number of nitrogens with one attached hydrogen (secondary N) is 1. The highest BCUT2D eigenvalue weighted by atomic mass is 32.2. The zero-order chi connectivity index (χ0) is 22.1. The summed E-state index contributed by atoms with van der Waals surface area (Å²) in [6.45, 7) is 12.1. The molecule has 0 bridgehead atoms. The first-order chi connectivity index (χ1) is 14.3. The molecule has 7 heteroatoms. The molecular formula is C23H33N3O3S. The van der Waals surface area contributed by atoms with Crippen LogP contribution in [0.25, 0.3) is 0 Å². The molecule has 0 atom stereocenters. The van der Waals surface area contributed by atoms with Crippen molar-refractivity contribution in [2.45, 2.75) is 45.7 Å². The minimum Gasteiger partial charge on any atom is -0.348 e. The summed E-state index contributed by atoms with van der Waals surface area (Å²) in [4.78, 5) is 15.0. The average molecular weight is 432 g/mol. The van der Waals surface area contributed by atoms with Crippen LogP contribution in [-0.2, 0) is 23.1 Å². The van der Waals surface area contributed by atoms with Crippen LogP contribution >= 0.6 is 0 Å². The predicted octanol–water partition coefficient (Wildman–Crippen LogP) is 3.49. The van der Waals surface area contributed by atoms with Gasteiger partial charge in [0.2, 0.25) is 10.0 Å². The molecule has 0 aromatic heterocycles. The van der Waals surface area contributed by atoms with Crippen LogP contribution in [0.4, 0.5) is 0 Å². The van der Waals surface area contributed by atoms with E-state index in [9.17, 15) is 13.2 Å². The van der Waals surface area contributed by atoms with Crippen molar-refractivity contribution in [1.29, 1.82) is 0 Å². The zero-order valence-corrected chi connectivity index (χ0v) is 19.2. The molecule has 0 fully saturated rings. The molecule has 2 rings (SSSR count). The van der Waals surface area contributed by atoms with Crippen molar-refractivity contribution >= 4 is 15.9 Å². The molecule has 0 heterocycles. The number of amides is 1. The van der Waals surface area contributed by atoms with E-state index in [1.54, 1.807) is 26.0 Å². The molecule has 1 N–H and O–H groups in total. The van der Waals surface area contributed by atoms with Gasteiger partial charge in [-0.15, -0.1) is 0 Å². The zero-order valence-electron chi connectivity index (χ0n) is 18.4. The number of carbonyl (C=O) groups is 1. The maximum Gasteiger partial charge on any atom is 0.251 e. The Bertz CT molecular complexity index is 902. The largest absolute Gasteiger partial charge is 0.348 e. The van der Waals surface area contributed by atoms with E-state index >= 15 is 0 Å². The van der Waals surface area contributed by atoms with Gasteiger partial charge in [0.05, 0.1) is 4.90 Å². The number of carbonyl (C=O) groups excluding carboxylic acids is 1. The SMILES string of the molecule is CCN(CC)Cc1ccc(CNC(=O)c2ccc(S(=O)(=O)N(CC)CC)cc2)cc1. The molecule has 0 saturated carbocycles. The molecule has 0 saturated heterocycles. The smallest absolute Gasteiger partial charge is 0.251 e. The molecule has 0 unspecified atom stereocenters. The Morgan fingerprint density at radius 2 is 1.33 bits per heavy atom. The Hall–Kier alpha value is -2.22. The van der Waals surface area contributed by atoms with E-state index in [2.05, 4.69) is 36.2 Å². The maximum atomic E-state index is 12.5. The quantitative estimate of drug-likeness (QED) is 0.591. The number of benzene rings is 2. The van der Waals surface area contributed by atoms with Crippen molar-refractivity contribution in [3.05, 3.63) is 65.2 Å². The normalized spacial score (nSPS) is 11.8. The van der Waals surface area contributed by atoms with Crippen LogP contribution in [-0.4, -0.2) is 49.7 Å². The van der Waals surface area contributed by atoms with Crippen molar-refractivity contribution < 1.29 is 13.2 Å². The third-order valence-corrected chi connectivity index (χ3v) is 7.30. The summed E-state index contributed by atoms with van der Waals surface area (Å²) in [5.41, 5.74) is 2.71. The second kappa shape index (κ2) is 11.2. The van der Waals surface area contributed by atoms with Gasteiger partial charge >= 0.3 is 0 Å². The van der Waals surface area contributed by atoms with Gasteiger partial charge in [0.25, 0.3) is 5.91 Å². The van der Waals surface area contributed by atoms with E-state index in [-0.39, 0.29) is 10.8 Å². The van der Waals surface area contributed by atoms with Crippen molar-refractivity contribution in [3.63, 3.8) is 0 Å². The number of nitrogens with zero attached hydrogens (tertiary/aromatic N) is 2. The fourth-order valence-corrected chi connectivity index (χ4v) is 4.70. The summed E-state index contributed by atoms with van der Waals surface area (Å²) < 4.78 is 26.5. The Morgan fingerprint density at radius 1 is 0.800 bits per heavy atom. The molecule has 0 radical (unpaired) electrons. The van der Waals surface area contributed by atoms with Crippen LogP contribution < -0.4 is 5.32 Å². The first-order valence-electron chi connectivity index (χ1n) is 10.5. The summed E-state index contributed by atoms with van der Waals surface area (Å²) in [5, 5.41) is 2.89. The number of rotatable bonds is 11. The Balaban J connectivity index is 1.97. The summed E-state index contributed by atoms with van der Waals surface area (Å²) in [5.74, 6) is -0.228. The molecule has 0 aliphatic carbocycles. The van der Waals surface area contributed by atoms with E-state index in [1.807, 2.05) is 12.1 Å². The third-order valence-electron chi connectivity index (χ3n) is 5.24. The van der Waals surface area contributed by atoms with Gasteiger partial charge in [-0.1, -0.05) is 52.0 Å². The van der Waals surface area contributed by atoms with Crippen LogP contribution in [0.3, 0.4) is 0 Å². The monoisotopic (exact) mass is 431 g/mol. The standard InChI is InChI=1S/C23H33N3O3S/c1-5-25(6-2)18-20-11-9-19(10-12-20)17-24-23(27)21-13-15-22(16-14-21)30(28,29)26(7-3)8-4/h9-16H,5-8,17-18H2,1-4H3,(H,24,27). The first kappa shape index (κ1) is 24.1. The highest BCUT2D eigenvalue weighted by Gasteiger charge is 2.21. The van der Waals surface area contributed by atoms with Crippen molar-refractivity contribution in [3.8, 4) is 0 Å². The van der Waals surface area contributed by atoms with Crippen LogP contribution in [0.2, 0.25) is 0 Å². The number of hydrogen-bond acceptors (Lipinski definition) is 4. The van der Waals surface area contributed by atoms with E-state index in [4.69, 9.17) is 0 Å². The Labute approximate surface area is 180 Å². The maximum absolute atomic E-state index is 12.5. The number of sulfonamides is 1. The molecule has 0 aliphatic rings. The Morgan fingerprint density at radius 3 is 1.83 bits per heavy atom. The third kappa shape index (κ3) is 6.14. The van der Waals surface area contributed by atoms with Gasteiger partial charge in [0.15, 0.2) is 0 Å². The minimum atomic E-state index is -3.52. The molecule has 164 valence electrons. The highest BCUT2D eigenvalue weighted by molar-refractivity contribution is 7.89. The van der Waals surface area contributed by atoms with Crippen molar-refractivity contribution in [2.75, 3.05) is 26.2 Å². The first-order valence-corrected chi connectivity index (χ1v) is 12.0. The van der Waals surface area contributed by atoms with Crippen LogP contribution in [0.15, 0.2) is 53.4 Å². The molecule has 6 nitrogen and oxygen atoms in total. The average Bonchev–Trinajstić information content (AvgIpc) is 2.77. The molecule has 30 heavy (non-hydrogen) atoms. The number of hydrogen-bond donors (Lipinski definition) is 1. The van der Waals surface area contributed by atoms with Gasteiger partial charge in [-0.3, -0.25) is 9.69 Å². The predicted molar refractivity (Wildman–Crippen MR) is 121 cm³/mol. The molecule has 2 aromatic carbocycles. The molecule has 2 aromatic rings. The van der Waals surface area contributed by atoms with Gasteiger partial charge in [0.1, 0.15) is 0 Å². The van der Waals surface area contributed by atoms with E-state index in [0.717, 1.165) is 25.2 Å². The van der Waals surface area contributed by atoms with Crippen molar-refractivity contribution in [2.24, 2.45) is 0 Å². The van der Waals surface area contributed by atoms with Crippen LogP contribution in [0.5, 0.6) is 0 Å². The second-order valence-corrected chi connectivity index (χ2v) is 9.01. The summed E-state index contributed by atoms with van der Waals surface area (Å²) in [6.07, 6.45) is 0. The lowest BCUT2D eigenvalue weighted by Crippen LogP contribution is -2.30. The summed E-state index contributed by atoms with van der Waals surface area (Å²) >= 11 is 0. The molecule has 0 spiro atoms. The van der Waals surface area contributed by atoms with E-state index in [1.165, 1.54) is 22.0 Å². The highest BCUT2D eigenvalue weighted by Crippen LogP contribution is 2.16. The Kier molecular flexibility index (Phi) is 9.02. The van der Waals surface area contributed by atoms with E-state index in [0.29, 0.717) is 25.2 Å². The molecular weight excluding hydrogens is 398 g/mol. The minimum absolute atomic E-state index is 0.201. The lowest BCUT2D eigenvalue weighted by Gasteiger charge is -2.18. The fourth-order valence-electron chi connectivity index (χ4n) is 3.24. The second-order valence-electron chi connectivity index (χ2n) is 7.07. The van der Waals surface area contributed by atoms with Crippen LogP contribution in [0.1, 0.15) is 49.2 Å². The van der Waals surface area contributed by atoms with Crippen LogP contribution in [0, 0.1) is 0 Å². The summed E-state index contributed by atoms with van der Waals surface area (Å²) in [6, 6.07) is 14.3. The topological polar surface area (TPSA) is 69.7 Å². The van der Waals surface area contributed by atoms with Gasteiger partial charge in [-0.25, -0.2) is 8.42 Å².